The first kappa shape index (κ1) is 15.6. The van der Waals surface area contributed by atoms with Crippen molar-refractivity contribution in [2.45, 2.75) is 25.8 Å². The van der Waals surface area contributed by atoms with Crippen molar-refractivity contribution >= 4 is 28.6 Å². The van der Waals surface area contributed by atoms with Crippen LogP contribution in [-0.2, 0) is 0 Å². The minimum atomic E-state index is 0.0195. The lowest BCUT2D eigenvalue weighted by Gasteiger charge is -2.37. The lowest BCUT2D eigenvalue weighted by molar-refractivity contribution is 0.0982. The van der Waals surface area contributed by atoms with E-state index in [4.69, 9.17) is 0 Å². The second-order valence-electron chi connectivity index (χ2n) is 6.92. The van der Waals surface area contributed by atoms with Crippen molar-refractivity contribution in [3.63, 3.8) is 0 Å². The summed E-state index contributed by atoms with van der Waals surface area (Å²) in [7, 11) is 0. The van der Waals surface area contributed by atoms with Gasteiger partial charge < -0.3 is 14.8 Å². The van der Waals surface area contributed by atoms with E-state index >= 15 is 0 Å². The van der Waals surface area contributed by atoms with E-state index in [-0.39, 0.29) is 5.91 Å². The highest BCUT2D eigenvalue weighted by Gasteiger charge is 2.35. The first-order valence-electron chi connectivity index (χ1n) is 8.99. The number of hydrogen-bond acceptors (Lipinski definition) is 4. The molecule has 0 radical (unpaired) electrons. The number of para-hydroxylation sites is 2. The van der Waals surface area contributed by atoms with Crippen LogP contribution in [0.5, 0.6) is 0 Å². The molecular weight excluding hydrogens is 344 g/mol. The van der Waals surface area contributed by atoms with Crippen LogP contribution in [0.1, 0.15) is 28.3 Å². The van der Waals surface area contributed by atoms with Crippen LogP contribution < -0.4 is 9.80 Å². The first-order chi connectivity index (χ1) is 12.7. The summed E-state index contributed by atoms with van der Waals surface area (Å²) < 4.78 is 0. The molecule has 2 aliphatic rings. The number of aromatic amines is 1. The third-order valence-electron chi connectivity index (χ3n) is 5.11. The monoisotopic (exact) mass is 364 g/mol. The van der Waals surface area contributed by atoms with E-state index < -0.39 is 0 Å². The van der Waals surface area contributed by atoms with Crippen molar-refractivity contribution in [3.8, 4) is 11.3 Å². The number of benzene rings is 1. The first-order valence-corrected chi connectivity index (χ1v) is 9.87. The molecule has 2 aromatic heterocycles. The minimum Gasteiger partial charge on any atom is -0.365 e. The number of amides is 1. The second kappa shape index (κ2) is 5.99. The van der Waals surface area contributed by atoms with Gasteiger partial charge in [-0.2, -0.15) is 0 Å². The maximum absolute atomic E-state index is 13.2. The molecule has 0 atom stereocenters. The van der Waals surface area contributed by atoms with Crippen LogP contribution in [0, 0.1) is 6.92 Å². The molecule has 5 rings (SSSR count). The van der Waals surface area contributed by atoms with Crippen LogP contribution in [0.3, 0.4) is 0 Å². The zero-order valence-electron chi connectivity index (χ0n) is 14.6. The average Bonchev–Trinajstić information content (AvgIpc) is 3.22. The van der Waals surface area contributed by atoms with Gasteiger partial charge in [-0.1, -0.05) is 12.1 Å². The van der Waals surface area contributed by atoms with Crippen molar-refractivity contribution in [2.75, 3.05) is 22.9 Å². The van der Waals surface area contributed by atoms with E-state index in [0.717, 1.165) is 35.0 Å². The Morgan fingerprint density at radius 1 is 1.23 bits per heavy atom. The number of nitrogens with zero attached hydrogens (tertiary/aromatic N) is 3. The number of fused-ring (bicyclic) bond motifs is 1. The molecule has 132 valence electrons. The third-order valence-corrected chi connectivity index (χ3v) is 5.88. The Morgan fingerprint density at radius 2 is 2.04 bits per heavy atom. The molecule has 3 aromatic rings. The highest BCUT2D eigenvalue weighted by molar-refractivity contribution is 7.09. The molecule has 0 spiro atoms. The summed E-state index contributed by atoms with van der Waals surface area (Å²) in [5.41, 5.74) is 4.68. The number of aromatic nitrogens is 2. The predicted molar refractivity (Wildman–Crippen MR) is 105 cm³/mol. The molecule has 1 saturated carbocycles. The van der Waals surface area contributed by atoms with Crippen molar-refractivity contribution in [2.24, 2.45) is 0 Å². The topological polar surface area (TPSA) is 52.2 Å². The maximum atomic E-state index is 13.2. The van der Waals surface area contributed by atoms with E-state index in [2.05, 4.69) is 33.1 Å². The number of hydrogen-bond donors (Lipinski definition) is 1. The highest BCUT2D eigenvalue weighted by Crippen LogP contribution is 2.40. The number of thiazole rings is 1. The molecule has 6 heteroatoms. The number of carbonyl (C=O) groups is 1. The molecule has 1 N–H and O–H groups in total. The number of aryl methyl sites for hydroxylation is 1. The van der Waals surface area contributed by atoms with Gasteiger partial charge in [0.1, 0.15) is 5.69 Å². The summed E-state index contributed by atoms with van der Waals surface area (Å²) >= 11 is 1.62. The molecule has 1 amide bonds. The molecule has 26 heavy (non-hydrogen) atoms. The van der Waals surface area contributed by atoms with Crippen LogP contribution in [0.15, 0.2) is 41.9 Å². The number of anilines is 2. The highest BCUT2D eigenvalue weighted by atomic mass is 32.1. The molecule has 1 aliphatic heterocycles. The Labute approximate surface area is 156 Å². The third kappa shape index (κ3) is 2.61. The summed E-state index contributed by atoms with van der Waals surface area (Å²) in [6.45, 7) is 3.60. The molecule has 1 aromatic carbocycles. The summed E-state index contributed by atoms with van der Waals surface area (Å²) in [6, 6.07) is 10.8. The zero-order chi connectivity index (χ0) is 17.7. The number of nitrogens with one attached hydrogen (secondary N) is 1. The molecule has 5 nitrogen and oxygen atoms in total. The van der Waals surface area contributed by atoms with Gasteiger partial charge in [0.05, 0.1) is 22.1 Å². The molecule has 1 aliphatic carbocycles. The molecule has 1 fully saturated rings. The molecule has 0 bridgehead atoms. The van der Waals surface area contributed by atoms with Crippen molar-refractivity contribution in [1.29, 1.82) is 0 Å². The minimum absolute atomic E-state index is 0.0195. The van der Waals surface area contributed by atoms with Gasteiger partial charge in [0.2, 0.25) is 0 Å². The van der Waals surface area contributed by atoms with Crippen LogP contribution >= 0.6 is 11.3 Å². The summed E-state index contributed by atoms with van der Waals surface area (Å²) in [5.74, 6) is 0.0195. The van der Waals surface area contributed by atoms with E-state index in [1.807, 2.05) is 35.5 Å². The fourth-order valence-electron chi connectivity index (χ4n) is 3.67. The lowest BCUT2D eigenvalue weighted by Crippen LogP contribution is -2.45. The molecule has 0 unspecified atom stereocenters. The van der Waals surface area contributed by atoms with Crippen molar-refractivity contribution in [3.05, 3.63) is 52.6 Å². The van der Waals surface area contributed by atoms with Gasteiger partial charge in [-0.25, -0.2) is 4.98 Å². The van der Waals surface area contributed by atoms with Crippen LogP contribution in [-0.4, -0.2) is 35.0 Å². The zero-order valence-corrected chi connectivity index (χ0v) is 15.4. The van der Waals surface area contributed by atoms with E-state index in [9.17, 15) is 4.79 Å². The van der Waals surface area contributed by atoms with Gasteiger partial charge in [0.25, 0.3) is 5.91 Å². The van der Waals surface area contributed by atoms with Gasteiger partial charge >= 0.3 is 0 Å². The Hall–Kier alpha value is -2.60. The Balaban J connectivity index is 1.45. The van der Waals surface area contributed by atoms with Gasteiger partial charge in [-0.3, -0.25) is 4.79 Å². The Bertz CT molecular complexity index is 972. The fourth-order valence-corrected chi connectivity index (χ4v) is 4.29. The summed E-state index contributed by atoms with van der Waals surface area (Å²) in [5, 5.41) is 3.05. The van der Waals surface area contributed by atoms with Gasteiger partial charge in [0.15, 0.2) is 0 Å². The fraction of sp³-hybridized carbons (Fsp3) is 0.300. The van der Waals surface area contributed by atoms with Crippen molar-refractivity contribution < 1.29 is 4.79 Å². The molecule has 0 saturated heterocycles. The van der Waals surface area contributed by atoms with Crippen LogP contribution in [0.2, 0.25) is 0 Å². The normalized spacial score (nSPS) is 16.7. The number of H-pyrrole nitrogens is 1. The quantitative estimate of drug-likeness (QED) is 0.762. The molecular formula is C20H20N4OS. The standard InChI is InChI=1S/C20H20N4OS/c1-13-22-17(12-26-13)14-10-16(21-11-14)20(25)24-9-8-23(15-6-7-15)18-4-2-3-5-19(18)24/h2-5,10-12,15,21H,6-9H2,1H3. The van der Waals surface area contributed by atoms with E-state index in [1.165, 1.54) is 18.5 Å². The second-order valence-corrected chi connectivity index (χ2v) is 7.99. The number of carbonyl (C=O) groups excluding carboxylic acids is 1. The van der Waals surface area contributed by atoms with E-state index in [0.29, 0.717) is 11.7 Å². The lowest BCUT2D eigenvalue weighted by atomic mass is 10.1. The Morgan fingerprint density at radius 3 is 2.77 bits per heavy atom. The van der Waals surface area contributed by atoms with Crippen molar-refractivity contribution in [1.82, 2.24) is 9.97 Å². The van der Waals surface area contributed by atoms with Gasteiger partial charge in [0, 0.05) is 36.3 Å². The summed E-state index contributed by atoms with van der Waals surface area (Å²) in [6.07, 6.45) is 4.39. The predicted octanol–water partition coefficient (Wildman–Crippen LogP) is 4.08. The van der Waals surface area contributed by atoms with E-state index in [1.54, 1.807) is 11.3 Å². The summed E-state index contributed by atoms with van der Waals surface area (Å²) in [4.78, 5) is 25.2. The smallest absolute Gasteiger partial charge is 0.274 e. The molecule has 3 heterocycles. The average molecular weight is 364 g/mol. The maximum Gasteiger partial charge on any atom is 0.274 e. The number of rotatable bonds is 3. The van der Waals surface area contributed by atoms with Gasteiger partial charge in [-0.05, 0) is 38.0 Å². The SMILES string of the molecule is Cc1nc(-c2c[nH]c(C(=O)N3CCN(C4CC4)c4ccccc43)c2)cs1. The van der Waals surface area contributed by atoms with Crippen LogP contribution in [0.4, 0.5) is 11.4 Å². The largest absolute Gasteiger partial charge is 0.365 e. The van der Waals surface area contributed by atoms with Gasteiger partial charge in [-0.15, -0.1) is 11.3 Å². The Kier molecular flexibility index (Phi) is 3.60. The van der Waals surface area contributed by atoms with Crippen LogP contribution in [0.25, 0.3) is 11.3 Å².